The van der Waals surface area contributed by atoms with E-state index in [2.05, 4.69) is 4.98 Å². The number of nitrogens with two attached hydrogens (primary N) is 1. The van der Waals surface area contributed by atoms with Crippen LogP contribution < -0.4 is 5.73 Å². The van der Waals surface area contributed by atoms with E-state index in [4.69, 9.17) is 17.3 Å². The summed E-state index contributed by atoms with van der Waals surface area (Å²) in [5.74, 6) is 0. The van der Waals surface area contributed by atoms with Crippen LogP contribution in [0.2, 0.25) is 4.34 Å². The topological polar surface area (TPSA) is 38.9 Å². The molecule has 0 fully saturated rings. The SMILES string of the molecule is Cl.Nc1sc(Cl)cc1-c1ccncc1. The highest BCUT2D eigenvalue weighted by atomic mass is 35.5. The summed E-state index contributed by atoms with van der Waals surface area (Å²) in [5.41, 5.74) is 7.82. The second-order valence-electron chi connectivity index (χ2n) is 2.56. The van der Waals surface area contributed by atoms with E-state index in [0.29, 0.717) is 4.34 Å². The summed E-state index contributed by atoms with van der Waals surface area (Å²) >= 11 is 7.23. The van der Waals surface area contributed by atoms with Crippen LogP contribution in [0.5, 0.6) is 0 Å². The predicted molar refractivity (Wildman–Crippen MR) is 64.2 cm³/mol. The summed E-state index contributed by atoms with van der Waals surface area (Å²) in [6, 6.07) is 5.69. The zero-order chi connectivity index (χ0) is 9.26. The second-order valence-corrected chi connectivity index (χ2v) is 4.28. The van der Waals surface area contributed by atoms with Crippen molar-refractivity contribution in [3.63, 3.8) is 0 Å². The third kappa shape index (κ3) is 2.18. The van der Waals surface area contributed by atoms with E-state index in [1.165, 1.54) is 11.3 Å². The highest BCUT2D eigenvalue weighted by molar-refractivity contribution is 7.20. The van der Waals surface area contributed by atoms with Crippen molar-refractivity contribution in [2.45, 2.75) is 0 Å². The molecule has 2 heterocycles. The van der Waals surface area contributed by atoms with Crippen LogP contribution in [0.4, 0.5) is 5.00 Å². The number of hydrogen-bond donors (Lipinski definition) is 1. The van der Waals surface area contributed by atoms with Gasteiger partial charge < -0.3 is 5.73 Å². The van der Waals surface area contributed by atoms with Gasteiger partial charge in [0.15, 0.2) is 0 Å². The molecule has 0 amide bonds. The van der Waals surface area contributed by atoms with Crippen molar-refractivity contribution < 1.29 is 0 Å². The van der Waals surface area contributed by atoms with Crippen LogP contribution in [-0.2, 0) is 0 Å². The number of aromatic nitrogens is 1. The molecule has 0 radical (unpaired) electrons. The van der Waals surface area contributed by atoms with Crippen LogP contribution in [0.15, 0.2) is 30.6 Å². The molecule has 0 spiro atoms. The Balaban J connectivity index is 0.000000980. The van der Waals surface area contributed by atoms with Gasteiger partial charge in [-0.2, -0.15) is 0 Å². The van der Waals surface area contributed by atoms with Gasteiger partial charge in [0.1, 0.15) is 0 Å². The summed E-state index contributed by atoms with van der Waals surface area (Å²) in [6.45, 7) is 0. The summed E-state index contributed by atoms with van der Waals surface area (Å²) in [7, 11) is 0. The number of hydrogen-bond acceptors (Lipinski definition) is 3. The first-order chi connectivity index (χ1) is 6.27. The quantitative estimate of drug-likeness (QED) is 0.837. The van der Waals surface area contributed by atoms with Gasteiger partial charge in [-0.15, -0.1) is 23.7 Å². The fraction of sp³-hybridized carbons (Fsp3) is 0. The van der Waals surface area contributed by atoms with Crippen molar-refractivity contribution in [3.8, 4) is 11.1 Å². The monoisotopic (exact) mass is 246 g/mol. The molecule has 2 nitrogen and oxygen atoms in total. The summed E-state index contributed by atoms with van der Waals surface area (Å²) < 4.78 is 0.712. The summed E-state index contributed by atoms with van der Waals surface area (Å²) in [6.07, 6.45) is 3.47. The smallest absolute Gasteiger partial charge is 0.0956 e. The maximum Gasteiger partial charge on any atom is 0.0956 e. The molecule has 2 aromatic heterocycles. The molecule has 0 aliphatic heterocycles. The number of thiophene rings is 1. The third-order valence-corrected chi connectivity index (χ3v) is 2.82. The first-order valence-electron chi connectivity index (χ1n) is 3.72. The van der Waals surface area contributed by atoms with Gasteiger partial charge in [-0.05, 0) is 23.8 Å². The largest absolute Gasteiger partial charge is 0.390 e. The molecule has 0 unspecified atom stereocenters. The molecular weight excluding hydrogens is 239 g/mol. The van der Waals surface area contributed by atoms with Gasteiger partial charge in [-0.3, -0.25) is 4.98 Å². The molecule has 0 aliphatic rings. The van der Waals surface area contributed by atoms with Crippen LogP contribution >= 0.6 is 35.3 Å². The number of nitrogens with zero attached hydrogens (tertiary/aromatic N) is 1. The van der Waals surface area contributed by atoms with Gasteiger partial charge >= 0.3 is 0 Å². The highest BCUT2D eigenvalue weighted by Crippen LogP contribution is 2.35. The third-order valence-electron chi connectivity index (χ3n) is 1.72. The first kappa shape index (κ1) is 11.3. The molecular formula is C9H8Cl2N2S. The highest BCUT2D eigenvalue weighted by Gasteiger charge is 2.05. The average molecular weight is 247 g/mol. The lowest BCUT2D eigenvalue weighted by Crippen LogP contribution is -1.82. The van der Waals surface area contributed by atoms with Gasteiger partial charge in [0.2, 0.25) is 0 Å². The van der Waals surface area contributed by atoms with Crippen molar-refractivity contribution in [1.82, 2.24) is 4.98 Å². The Labute approximate surface area is 97.1 Å². The van der Waals surface area contributed by atoms with E-state index in [1.807, 2.05) is 18.2 Å². The summed E-state index contributed by atoms with van der Waals surface area (Å²) in [5, 5.41) is 0.746. The standard InChI is InChI=1S/C9H7ClN2S.ClH/c10-8-5-7(9(11)13-8)6-1-3-12-4-2-6;/h1-5H,11H2;1H. The Hall–Kier alpha value is -0.770. The van der Waals surface area contributed by atoms with Gasteiger partial charge in [0.25, 0.3) is 0 Å². The molecule has 14 heavy (non-hydrogen) atoms. The first-order valence-corrected chi connectivity index (χ1v) is 4.92. The van der Waals surface area contributed by atoms with Gasteiger partial charge in [-0.1, -0.05) is 11.6 Å². The molecule has 74 valence electrons. The van der Waals surface area contributed by atoms with Crippen molar-refractivity contribution in [3.05, 3.63) is 34.9 Å². The zero-order valence-electron chi connectivity index (χ0n) is 7.11. The zero-order valence-corrected chi connectivity index (χ0v) is 9.49. The fourth-order valence-electron chi connectivity index (χ4n) is 1.13. The summed E-state index contributed by atoms with van der Waals surface area (Å²) in [4.78, 5) is 3.94. The molecule has 0 saturated carbocycles. The average Bonchev–Trinajstić information content (AvgIpc) is 2.47. The Kier molecular flexibility index (Phi) is 3.75. The van der Waals surface area contributed by atoms with Gasteiger partial charge in [0.05, 0.1) is 9.34 Å². The fourth-order valence-corrected chi connectivity index (χ4v) is 2.16. The van der Waals surface area contributed by atoms with Crippen molar-refractivity contribution >= 4 is 40.3 Å². The maximum atomic E-state index is 5.84. The second kappa shape index (κ2) is 4.64. The molecule has 2 N–H and O–H groups in total. The molecule has 2 rings (SSSR count). The van der Waals surface area contributed by atoms with Crippen LogP contribution in [0.1, 0.15) is 0 Å². The van der Waals surface area contributed by atoms with E-state index in [9.17, 15) is 0 Å². The van der Waals surface area contributed by atoms with Crippen LogP contribution in [0.3, 0.4) is 0 Å². The molecule has 2 aromatic rings. The minimum atomic E-state index is 0. The lowest BCUT2D eigenvalue weighted by atomic mass is 10.1. The Morgan fingerprint density at radius 1 is 1.29 bits per heavy atom. The van der Waals surface area contributed by atoms with Crippen LogP contribution in [0, 0.1) is 0 Å². The number of pyridine rings is 1. The van der Waals surface area contributed by atoms with Gasteiger partial charge in [-0.25, -0.2) is 0 Å². The van der Waals surface area contributed by atoms with E-state index >= 15 is 0 Å². The van der Waals surface area contributed by atoms with E-state index in [0.717, 1.165) is 16.1 Å². The molecule has 5 heteroatoms. The normalized spacial score (nSPS) is 9.50. The van der Waals surface area contributed by atoms with Gasteiger partial charge in [0, 0.05) is 18.0 Å². The predicted octanol–water partition coefficient (Wildman–Crippen LogP) is 3.47. The minimum absolute atomic E-state index is 0. The number of rotatable bonds is 1. The van der Waals surface area contributed by atoms with Crippen molar-refractivity contribution in [1.29, 1.82) is 0 Å². The maximum absolute atomic E-state index is 5.84. The molecule has 0 bridgehead atoms. The number of nitrogen functional groups attached to an aromatic ring is 1. The van der Waals surface area contributed by atoms with E-state index in [1.54, 1.807) is 12.4 Å². The van der Waals surface area contributed by atoms with E-state index in [-0.39, 0.29) is 12.4 Å². The lowest BCUT2D eigenvalue weighted by molar-refractivity contribution is 1.33. The van der Waals surface area contributed by atoms with Crippen LogP contribution in [0.25, 0.3) is 11.1 Å². The Morgan fingerprint density at radius 2 is 1.93 bits per heavy atom. The van der Waals surface area contributed by atoms with Crippen molar-refractivity contribution in [2.24, 2.45) is 0 Å². The molecule has 0 saturated heterocycles. The lowest BCUT2D eigenvalue weighted by Gasteiger charge is -1.97. The minimum Gasteiger partial charge on any atom is -0.390 e. The molecule has 0 aliphatic carbocycles. The number of anilines is 1. The number of halogens is 2. The molecule has 0 aromatic carbocycles. The van der Waals surface area contributed by atoms with Crippen LogP contribution in [-0.4, -0.2) is 4.98 Å². The van der Waals surface area contributed by atoms with Crippen molar-refractivity contribution in [2.75, 3.05) is 5.73 Å². The van der Waals surface area contributed by atoms with E-state index < -0.39 is 0 Å². The molecule has 0 atom stereocenters. The Morgan fingerprint density at radius 3 is 2.43 bits per heavy atom. The Bertz CT molecular complexity index is 414.